The van der Waals surface area contributed by atoms with Crippen LogP contribution in [0.4, 0.5) is 0 Å². The zero-order valence-electron chi connectivity index (χ0n) is 10.6. The van der Waals surface area contributed by atoms with Crippen LogP contribution in [0.5, 0.6) is 0 Å². The zero-order chi connectivity index (χ0) is 13.2. The topological polar surface area (TPSA) is 100 Å². The number of aryl methyl sites for hydroxylation is 1. The van der Waals surface area contributed by atoms with E-state index in [1.54, 1.807) is 13.8 Å². The summed E-state index contributed by atoms with van der Waals surface area (Å²) in [5, 5.41) is 7.54. The average Bonchev–Trinajstić information content (AvgIpc) is 2.94. The number of hydrogen-bond acceptors (Lipinski definition) is 7. The second-order valence-corrected chi connectivity index (χ2v) is 4.27. The van der Waals surface area contributed by atoms with E-state index >= 15 is 0 Å². The van der Waals surface area contributed by atoms with Crippen LogP contribution in [0.1, 0.15) is 25.4 Å². The molecule has 0 aliphatic rings. The Morgan fingerprint density at radius 1 is 1.44 bits per heavy atom. The number of rotatable bonds is 5. The highest BCUT2D eigenvalue weighted by Gasteiger charge is 2.28. The predicted octanol–water partition coefficient (Wildman–Crippen LogP) is 1.24. The smallest absolute Gasteiger partial charge is 0.263 e. The first-order valence-corrected chi connectivity index (χ1v) is 5.67. The predicted molar refractivity (Wildman–Crippen MR) is 62.6 cm³/mol. The average molecular weight is 252 g/mol. The first-order valence-electron chi connectivity index (χ1n) is 5.67. The molecule has 0 radical (unpaired) electrons. The number of aromatic nitrogens is 3. The number of hydrogen-bond donors (Lipinski definition) is 1. The molecular formula is C11H16N4O3. The van der Waals surface area contributed by atoms with Crippen LogP contribution < -0.4 is 5.73 Å². The van der Waals surface area contributed by atoms with Crippen LogP contribution >= 0.6 is 0 Å². The van der Waals surface area contributed by atoms with E-state index in [0.717, 1.165) is 0 Å². The summed E-state index contributed by atoms with van der Waals surface area (Å²) in [6, 6.07) is 0. The minimum Gasteiger partial charge on any atom is -0.379 e. The Morgan fingerprint density at radius 2 is 2.22 bits per heavy atom. The molecule has 2 aromatic heterocycles. The second kappa shape index (κ2) is 4.87. The van der Waals surface area contributed by atoms with Gasteiger partial charge in [-0.25, -0.2) is 0 Å². The minimum absolute atomic E-state index is 0.324. The highest BCUT2D eigenvalue weighted by molar-refractivity contribution is 5.53. The molecule has 7 heteroatoms. The fourth-order valence-electron chi connectivity index (χ4n) is 1.45. The van der Waals surface area contributed by atoms with Gasteiger partial charge >= 0.3 is 0 Å². The van der Waals surface area contributed by atoms with Gasteiger partial charge in [-0.2, -0.15) is 4.98 Å². The van der Waals surface area contributed by atoms with E-state index in [0.29, 0.717) is 36.3 Å². The van der Waals surface area contributed by atoms with E-state index in [2.05, 4.69) is 15.3 Å². The molecule has 0 fully saturated rings. The first kappa shape index (κ1) is 12.7. The molecule has 2 aromatic rings. The third-order valence-corrected chi connectivity index (χ3v) is 2.52. The summed E-state index contributed by atoms with van der Waals surface area (Å²) in [4.78, 5) is 4.26. The van der Waals surface area contributed by atoms with Gasteiger partial charge in [0.1, 0.15) is 16.9 Å². The van der Waals surface area contributed by atoms with E-state index in [9.17, 15) is 0 Å². The highest BCUT2D eigenvalue weighted by Crippen LogP contribution is 2.23. The lowest BCUT2D eigenvalue weighted by atomic mass is 10.1. The van der Waals surface area contributed by atoms with Gasteiger partial charge in [0.25, 0.3) is 5.89 Å². The van der Waals surface area contributed by atoms with Crippen LogP contribution in [-0.2, 0) is 10.3 Å². The van der Waals surface area contributed by atoms with Crippen LogP contribution in [-0.4, -0.2) is 28.5 Å². The molecule has 1 atom stereocenters. The second-order valence-electron chi connectivity index (χ2n) is 4.27. The van der Waals surface area contributed by atoms with Gasteiger partial charge < -0.3 is 19.5 Å². The third-order valence-electron chi connectivity index (χ3n) is 2.52. The van der Waals surface area contributed by atoms with Crippen molar-refractivity contribution in [2.45, 2.75) is 26.3 Å². The lowest BCUT2D eigenvalue weighted by Gasteiger charge is -2.19. The Hall–Kier alpha value is -1.73. The lowest BCUT2D eigenvalue weighted by molar-refractivity contribution is 0.0962. The summed E-state index contributed by atoms with van der Waals surface area (Å²) in [6.45, 7) is 6.37. The molecule has 18 heavy (non-hydrogen) atoms. The van der Waals surface area contributed by atoms with Crippen molar-refractivity contribution in [2.24, 2.45) is 5.73 Å². The van der Waals surface area contributed by atoms with Crippen molar-refractivity contribution in [1.29, 1.82) is 0 Å². The molecule has 98 valence electrons. The van der Waals surface area contributed by atoms with Gasteiger partial charge in [-0.1, -0.05) is 10.3 Å². The van der Waals surface area contributed by atoms with Crippen LogP contribution in [0.25, 0.3) is 11.5 Å². The Balaban J connectivity index is 2.23. The Kier molecular flexibility index (Phi) is 3.44. The fourth-order valence-corrected chi connectivity index (χ4v) is 1.45. The van der Waals surface area contributed by atoms with Gasteiger partial charge in [0, 0.05) is 6.61 Å². The van der Waals surface area contributed by atoms with Gasteiger partial charge in [-0.15, -0.1) is 0 Å². The first-order chi connectivity index (χ1) is 8.54. The van der Waals surface area contributed by atoms with Crippen molar-refractivity contribution < 1.29 is 13.8 Å². The molecule has 0 aliphatic carbocycles. The van der Waals surface area contributed by atoms with Gasteiger partial charge in [0.2, 0.25) is 0 Å². The molecule has 2 heterocycles. The molecule has 2 rings (SSSR count). The molecule has 0 aromatic carbocycles. The normalized spacial score (nSPS) is 14.7. The van der Waals surface area contributed by atoms with E-state index in [-0.39, 0.29) is 0 Å². The molecule has 0 aliphatic heterocycles. The summed E-state index contributed by atoms with van der Waals surface area (Å²) in [5.74, 6) is 1.36. The summed E-state index contributed by atoms with van der Waals surface area (Å²) >= 11 is 0. The van der Waals surface area contributed by atoms with Crippen LogP contribution in [0.2, 0.25) is 0 Å². The summed E-state index contributed by atoms with van der Waals surface area (Å²) in [5.41, 5.74) is 5.96. The van der Waals surface area contributed by atoms with Gasteiger partial charge in [0.05, 0.1) is 12.8 Å². The van der Waals surface area contributed by atoms with Crippen molar-refractivity contribution in [1.82, 2.24) is 15.3 Å². The molecule has 2 N–H and O–H groups in total. The van der Waals surface area contributed by atoms with Crippen molar-refractivity contribution in [2.75, 3.05) is 13.2 Å². The van der Waals surface area contributed by atoms with Crippen molar-refractivity contribution in [3.05, 3.63) is 17.8 Å². The highest BCUT2D eigenvalue weighted by atomic mass is 16.5. The van der Waals surface area contributed by atoms with Gasteiger partial charge in [-0.3, -0.25) is 0 Å². The standard InChI is InChI=1S/C11H16N4O3/c1-4-16-6-11(3,12)10-14-9(18-15-10)8-5-13-17-7(8)2/h5H,4,6,12H2,1-3H3. The lowest BCUT2D eigenvalue weighted by Crippen LogP contribution is -2.39. The molecule has 0 saturated heterocycles. The molecule has 0 bridgehead atoms. The number of ether oxygens (including phenoxy) is 1. The quantitative estimate of drug-likeness (QED) is 0.854. The molecule has 0 spiro atoms. The van der Waals surface area contributed by atoms with Gasteiger partial charge in [0.15, 0.2) is 5.82 Å². The number of nitrogens with two attached hydrogens (primary N) is 1. The zero-order valence-corrected chi connectivity index (χ0v) is 10.6. The Morgan fingerprint density at radius 3 is 2.83 bits per heavy atom. The van der Waals surface area contributed by atoms with Crippen LogP contribution in [0.15, 0.2) is 15.2 Å². The van der Waals surface area contributed by atoms with Crippen molar-refractivity contribution in [3.8, 4) is 11.5 Å². The maximum absolute atomic E-state index is 6.08. The minimum atomic E-state index is -0.789. The van der Waals surface area contributed by atoms with E-state index in [1.165, 1.54) is 6.20 Å². The molecule has 7 nitrogen and oxygen atoms in total. The molecule has 1 unspecified atom stereocenters. The SMILES string of the molecule is CCOCC(C)(N)c1noc(-c2cnoc2C)n1. The molecule has 0 saturated carbocycles. The summed E-state index contributed by atoms with van der Waals surface area (Å²) < 4.78 is 15.4. The van der Waals surface area contributed by atoms with Crippen LogP contribution in [0.3, 0.4) is 0 Å². The van der Waals surface area contributed by atoms with E-state index in [1.807, 2.05) is 6.92 Å². The fraction of sp³-hybridized carbons (Fsp3) is 0.545. The van der Waals surface area contributed by atoms with E-state index in [4.69, 9.17) is 19.5 Å². The van der Waals surface area contributed by atoms with Crippen LogP contribution in [0, 0.1) is 6.92 Å². The van der Waals surface area contributed by atoms with E-state index < -0.39 is 5.54 Å². The third kappa shape index (κ3) is 2.41. The largest absolute Gasteiger partial charge is 0.379 e. The Bertz CT molecular complexity index is 518. The Labute approximate surface area is 104 Å². The monoisotopic (exact) mass is 252 g/mol. The van der Waals surface area contributed by atoms with Gasteiger partial charge in [-0.05, 0) is 20.8 Å². The maximum Gasteiger partial charge on any atom is 0.263 e. The summed E-state index contributed by atoms with van der Waals surface area (Å²) in [7, 11) is 0. The molecular weight excluding hydrogens is 236 g/mol. The summed E-state index contributed by atoms with van der Waals surface area (Å²) in [6.07, 6.45) is 1.53. The van der Waals surface area contributed by atoms with Crippen molar-refractivity contribution >= 4 is 0 Å². The maximum atomic E-state index is 6.08. The number of nitrogens with zero attached hydrogens (tertiary/aromatic N) is 3. The van der Waals surface area contributed by atoms with Crippen molar-refractivity contribution in [3.63, 3.8) is 0 Å². The molecule has 0 amide bonds.